The quantitative estimate of drug-likeness (QED) is 0.650. The smallest absolute Gasteiger partial charge is 0.338 e. The van der Waals surface area contributed by atoms with E-state index in [1.807, 2.05) is 31.2 Å². The highest BCUT2D eigenvalue weighted by atomic mass is 32.2. The van der Waals surface area contributed by atoms with E-state index >= 15 is 0 Å². The highest BCUT2D eigenvalue weighted by molar-refractivity contribution is 8.13. The summed E-state index contributed by atoms with van der Waals surface area (Å²) in [6.45, 7) is 2.60. The minimum atomic E-state index is -0.409. The fraction of sp³-hybridized carbons (Fsp3) is 0.250. The molecule has 4 rings (SSSR count). The molecule has 8 nitrogen and oxygen atoms in total. The maximum absolute atomic E-state index is 12.7. The Hall–Kier alpha value is -3.77. The molecule has 2 aromatic carbocycles. The third kappa shape index (κ3) is 4.86. The second-order valence-electron chi connectivity index (χ2n) is 7.58. The van der Waals surface area contributed by atoms with Gasteiger partial charge in [0.1, 0.15) is 0 Å². The first-order valence-corrected chi connectivity index (χ1v) is 11.4. The molecule has 168 valence electrons. The number of methoxy groups -OCH3 is 1. The van der Waals surface area contributed by atoms with Crippen LogP contribution in [0.5, 0.6) is 0 Å². The number of carbonyl (C=O) groups is 2. The van der Waals surface area contributed by atoms with E-state index < -0.39 is 12.0 Å². The predicted octanol–water partition coefficient (Wildman–Crippen LogP) is 4.50. The van der Waals surface area contributed by atoms with Crippen LogP contribution in [0.3, 0.4) is 0 Å². The molecule has 2 N–H and O–H groups in total. The van der Waals surface area contributed by atoms with Gasteiger partial charge in [0.2, 0.25) is 0 Å². The molecular weight excluding hydrogens is 438 g/mol. The molecule has 2 aliphatic heterocycles. The number of allylic oxidation sites excluding steroid dienone is 1. The molecule has 2 aliphatic rings. The summed E-state index contributed by atoms with van der Waals surface area (Å²) in [4.78, 5) is 32.0. The number of rotatable bonds is 4. The molecule has 1 saturated heterocycles. The van der Waals surface area contributed by atoms with Crippen molar-refractivity contribution < 1.29 is 14.3 Å². The van der Waals surface area contributed by atoms with Gasteiger partial charge in [-0.05, 0) is 55.3 Å². The molecule has 0 spiro atoms. The van der Waals surface area contributed by atoms with E-state index in [1.165, 1.54) is 7.11 Å². The van der Waals surface area contributed by atoms with Gasteiger partial charge in [-0.15, -0.1) is 0 Å². The molecule has 0 aromatic heterocycles. The maximum atomic E-state index is 12.7. The number of anilines is 2. The van der Waals surface area contributed by atoms with Crippen LogP contribution in [0.4, 0.5) is 16.2 Å². The summed E-state index contributed by atoms with van der Waals surface area (Å²) >= 11 is 1.68. The molecule has 33 heavy (non-hydrogen) atoms. The number of carbonyl (C=O) groups excluding carboxylic acids is 2. The van der Waals surface area contributed by atoms with Gasteiger partial charge in [0, 0.05) is 23.7 Å². The summed E-state index contributed by atoms with van der Waals surface area (Å²) in [5, 5.41) is 15.4. The largest absolute Gasteiger partial charge is 0.466 e. The number of aliphatic imine (C=N–C) groups is 1. The van der Waals surface area contributed by atoms with Crippen LogP contribution in [0.2, 0.25) is 0 Å². The summed E-state index contributed by atoms with van der Waals surface area (Å²) in [5.74, 6) is 0.577. The number of ether oxygens (including phenoxy) is 1. The number of amides is 2. The van der Waals surface area contributed by atoms with Crippen LogP contribution in [0.15, 0.2) is 64.8 Å². The molecule has 2 aromatic rings. The molecule has 0 unspecified atom stereocenters. The van der Waals surface area contributed by atoms with Gasteiger partial charge in [-0.2, -0.15) is 5.26 Å². The number of amidine groups is 1. The highest BCUT2D eigenvalue weighted by Gasteiger charge is 2.37. The molecule has 2 amide bonds. The SMILES string of the molecule is COC(=O)C1=C(C)N=C2SCCCN2[C@H]1c1cccc(NC(=O)Nc2ccc(C#N)cc2)c1. The lowest BCUT2D eigenvalue weighted by atomic mass is 9.94. The molecule has 1 atom stereocenters. The minimum absolute atomic E-state index is 0.346. The lowest BCUT2D eigenvalue weighted by Crippen LogP contribution is -2.42. The number of hydrogen-bond acceptors (Lipinski definition) is 7. The van der Waals surface area contributed by atoms with E-state index in [1.54, 1.807) is 42.1 Å². The van der Waals surface area contributed by atoms with Crippen LogP contribution in [0.1, 0.15) is 30.5 Å². The summed E-state index contributed by atoms with van der Waals surface area (Å²) in [6, 6.07) is 15.3. The zero-order valence-electron chi connectivity index (χ0n) is 18.3. The first-order valence-electron chi connectivity index (χ1n) is 10.5. The molecule has 0 aliphatic carbocycles. The maximum Gasteiger partial charge on any atom is 0.338 e. The topological polar surface area (TPSA) is 107 Å². The zero-order chi connectivity index (χ0) is 23.4. The van der Waals surface area contributed by atoms with E-state index in [2.05, 4.69) is 20.5 Å². The highest BCUT2D eigenvalue weighted by Crippen LogP contribution is 2.40. The van der Waals surface area contributed by atoms with Crippen molar-refractivity contribution in [3.8, 4) is 6.07 Å². The van der Waals surface area contributed by atoms with E-state index in [9.17, 15) is 9.59 Å². The van der Waals surface area contributed by atoms with Crippen LogP contribution >= 0.6 is 11.8 Å². The van der Waals surface area contributed by atoms with Crippen molar-refractivity contribution >= 4 is 40.3 Å². The number of nitriles is 1. The van der Waals surface area contributed by atoms with Crippen molar-refractivity contribution in [3.63, 3.8) is 0 Å². The zero-order valence-corrected chi connectivity index (χ0v) is 19.1. The van der Waals surface area contributed by atoms with Crippen molar-refractivity contribution in [2.45, 2.75) is 19.4 Å². The number of thioether (sulfide) groups is 1. The molecule has 1 fully saturated rings. The Morgan fingerprint density at radius 3 is 2.67 bits per heavy atom. The third-order valence-corrected chi connectivity index (χ3v) is 6.47. The van der Waals surface area contributed by atoms with Gasteiger partial charge in [-0.3, -0.25) is 0 Å². The summed E-state index contributed by atoms with van der Waals surface area (Å²) in [7, 11) is 1.37. The number of hydrogen-bond donors (Lipinski definition) is 2. The van der Waals surface area contributed by atoms with Crippen LogP contribution in [-0.4, -0.2) is 41.5 Å². The predicted molar refractivity (Wildman–Crippen MR) is 129 cm³/mol. The van der Waals surface area contributed by atoms with Crippen LogP contribution in [0.25, 0.3) is 0 Å². The van der Waals surface area contributed by atoms with Crippen molar-refractivity contribution in [2.75, 3.05) is 30.0 Å². The Morgan fingerprint density at radius 2 is 1.94 bits per heavy atom. The Kier molecular flexibility index (Phi) is 6.66. The molecule has 9 heteroatoms. The minimum Gasteiger partial charge on any atom is -0.466 e. The molecule has 0 saturated carbocycles. The number of urea groups is 1. The average Bonchev–Trinajstić information content (AvgIpc) is 2.83. The lowest BCUT2D eigenvalue weighted by Gasteiger charge is -2.40. The first kappa shape index (κ1) is 22.4. The standard InChI is InChI=1S/C24H23N5O3S/c1-15-20(22(30)32-2)21(29-11-4-12-33-24(29)26-15)17-5-3-6-19(13-17)28-23(31)27-18-9-7-16(14-25)8-10-18/h3,5-10,13,21H,4,11-12H2,1-2H3,(H2,27,28,31)/t21-/m0/s1. The van der Waals surface area contributed by atoms with Crippen molar-refractivity contribution in [2.24, 2.45) is 4.99 Å². The van der Waals surface area contributed by atoms with Gasteiger partial charge in [0.15, 0.2) is 5.17 Å². The van der Waals surface area contributed by atoms with E-state index in [0.29, 0.717) is 28.2 Å². The Bertz CT molecular complexity index is 1180. The Balaban J connectivity index is 1.58. The number of fused-ring (bicyclic) bond motifs is 1. The molecule has 0 radical (unpaired) electrons. The second-order valence-corrected chi connectivity index (χ2v) is 8.64. The van der Waals surface area contributed by atoms with Crippen LogP contribution < -0.4 is 10.6 Å². The van der Waals surface area contributed by atoms with Gasteiger partial charge in [0.05, 0.1) is 36.1 Å². The van der Waals surface area contributed by atoms with E-state index in [-0.39, 0.29) is 6.04 Å². The molecular formula is C24H23N5O3S. The van der Waals surface area contributed by atoms with Crippen LogP contribution in [-0.2, 0) is 9.53 Å². The Labute approximate surface area is 196 Å². The van der Waals surface area contributed by atoms with Crippen molar-refractivity contribution in [1.29, 1.82) is 5.26 Å². The Morgan fingerprint density at radius 1 is 1.18 bits per heavy atom. The van der Waals surface area contributed by atoms with Crippen molar-refractivity contribution in [3.05, 3.63) is 70.9 Å². The van der Waals surface area contributed by atoms with Crippen LogP contribution in [0, 0.1) is 11.3 Å². The van der Waals surface area contributed by atoms with Gasteiger partial charge >= 0.3 is 12.0 Å². The van der Waals surface area contributed by atoms with Gasteiger partial charge in [-0.1, -0.05) is 23.9 Å². The summed E-state index contributed by atoms with van der Waals surface area (Å²) < 4.78 is 5.07. The number of nitrogens with one attached hydrogen (secondary N) is 2. The lowest BCUT2D eigenvalue weighted by molar-refractivity contribution is -0.136. The van der Waals surface area contributed by atoms with E-state index in [4.69, 9.17) is 10.00 Å². The van der Waals surface area contributed by atoms with Crippen molar-refractivity contribution in [1.82, 2.24) is 4.90 Å². The summed E-state index contributed by atoms with van der Waals surface area (Å²) in [6.07, 6.45) is 0.985. The van der Waals surface area contributed by atoms with Gasteiger partial charge < -0.3 is 20.3 Å². The average molecular weight is 462 g/mol. The monoisotopic (exact) mass is 461 g/mol. The molecule has 0 bridgehead atoms. The normalized spacial score (nSPS) is 17.4. The number of nitrogens with zero attached hydrogens (tertiary/aromatic N) is 3. The molecule has 2 heterocycles. The number of benzene rings is 2. The third-order valence-electron chi connectivity index (χ3n) is 5.40. The fourth-order valence-corrected chi connectivity index (χ4v) is 4.91. The summed E-state index contributed by atoms with van der Waals surface area (Å²) in [5.41, 5.74) is 3.69. The fourth-order valence-electron chi connectivity index (χ4n) is 3.89. The van der Waals surface area contributed by atoms with Gasteiger partial charge in [-0.25, -0.2) is 14.6 Å². The first-order chi connectivity index (χ1) is 16.0. The number of esters is 1. The second kappa shape index (κ2) is 9.79. The van der Waals surface area contributed by atoms with Gasteiger partial charge in [0.25, 0.3) is 0 Å². The van der Waals surface area contributed by atoms with E-state index in [0.717, 1.165) is 29.4 Å².